The lowest BCUT2D eigenvalue weighted by atomic mass is 9.87. The molecule has 0 bridgehead atoms. The first kappa shape index (κ1) is 14.0. The van der Waals surface area contributed by atoms with E-state index in [4.69, 9.17) is 4.74 Å². The third kappa shape index (κ3) is 3.46. The van der Waals surface area contributed by atoms with Crippen molar-refractivity contribution in [2.75, 3.05) is 13.7 Å². The number of aromatic nitrogens is 2. The van der Waals surface area contributed by atoms with E-state index in [1.54, 1.807) is 20.8 Å². The Balaban J connectivity index is 3.13. The number of nitrogens with zero attached hydrogens (tertiary/aromatic N) is 2. The van der Waals surface area contributed by atoms with Gasteiger partial charge in [-0.2, -0.15) is 18.3 Å². The molecule has 0 unspecified atom stereocenters. The maximum absolute atomic E-state index is 12.8. The van der Waals surface area contributed by atoms with Crippen molar-refractivity contribution in [3.63, 3.8) is 0 Å². The van der Waals surface area contributed by atoms with Crippen LogP contribution in [0.3, 0.4) is 0 Å². The summed E-state index contributed by atoms with van der Waals surface area (Å²) in [4.78, 5) is 0. The van der Waals surface area contributed by atoms with Gasteiger partial charge in [-0.3, -0.25) is 4.68 Å². The molecule has 0 aliphatic rings. The summed E-state index contributed by atoms with van der Waals surface area (Å²) in [6.07, 6.45) is -2.97. The van der Waals surface area contributed by atoms with Crippen LogP contribution >= 0.6 is 0 Å². The van der Waals surface area contributed by atoms with Crippen LogP contribution in [-0.4, -0.2) is 23.5 Å². The van der Waals surface area contributed by atoms with Crippen LogP contribution in [0.15, 0.2) is 6.20 Å². The Bertz CT molecular complexity index is 346. The minimum Gasteiger partial charge on any atom is -0.383 e. The van der Waals surface area contributed by atoms with Crippen LogP contribution < -0.4 is 0 Å². The minimum absolute atomic E-state index is 0.209. The van der Waals surface area contributed by atoms with Crippen molar-refractivity contribution >= 4 is 0 Å². The number of hydrogen-bond acceptors (Lipinski definition) is 2. The van der Waals surface area contributed by atoms with Crippen LogP contribution in [-0.2, 0) is 22.9 Å². The normalized spacial score (nSPS) is 13.1. The molecule has 0 atom stereocenters. The monoisotopic (exact) mass is 250 g/mol. The topological polar surface area (TPSA) is 27.1 Å². The molecule has 1 heterocycles. The Morgan fingerprint density at radius 3 is 2.24 bits per heavy atom. The highest BCUT2D eigenvalue weighted by Crippen LogP contribution is 2.36. The van der Waals surface area contributed by atoms with Gasteiger partial charge < -0.3 is 4.74 Å². The van der Waals surface area contributed by atoms with Crippen LogP contribution in [0, 0.1) is 0 Å². The fraction of sp³-hybridized carbons (Fsp3) is 0.727. The van der Waals surface area contributed by atoms with Crippen molar-refractivity contribution in [2.45, 2.75) is 38.9 Å². The Hall–Kier alpha value is -1.04. The molecule has 0 spiro atoms. The van der Waals surface area contributed by atoms with Gasteiger partial charge in [0.05, 0.1) is 13.2 Å². The molecule has 0 amide bonds. The summed E-state index contributed by atoms with van der Waals surface area (Å²) >= 11 is 0. The van der Waals surface area contributed by atoms with Crippen molar-refractivity contribution in [3.05, 3.63) is 17.5 Å². The fourth-order valence-corrected chi connectivity index (χ4v) is 1.48. The van der Waals surface area contributed by atoms with Crippen molar-refractivity contribution < 1.29 is 17.9 Å². The zero-order chi connectivity index (χ0) is 13.3. The molecule has 0 fully saturated rings. The second-order valence-corrected chi connectivity index (χ2v) is 4.90. The van der Waals surface area contributed by atoms with Crippen molar-refractivity contribution in [2.24, 2.45) is 0 Å². The van der Waals surface area contributed by atoms with E-state index in [1.165, 1.54) is 18.0 Å². The van der Waals surface area contributed by atoms with Crippen molar-refractivity contribution in [1.29, 1.82) is 0 Å². The van der Waals surface area contributed by atoms with Gasteiger partial charge in [-0.15, -0.1) is 0 Å². The molecule has 17 heavy (non-hydrogen) atoms. The first-order chi connectivity index (χ1) is 7.66. The molecule has 0 aliphatic carbocycles. The van der Waals surface area contributed by atoms with E-state index >= 15 is 0 Å². The van der Waals surface area contributed by atoms with Gasteiger partial charge in [0.2, 0.25) is 0 Å². The molecular formula is C11H17F3N2O. The highest BCUT2D eigenvalue weighted by molar-refractivity contribution is 5.27. The van der Waals surface area contributed by atoms with E-state index in [2.05, 4.69) is 5.10 Å². The molecule has 0 aliphatic heterocycles. The molecule has 3 nitrogen and oxygen atoms in total. The SMILES string of the molecule is COCCn1cc(C(C)(C)C)c(C(F)(F)F)n1. The Morgan fingerprint density at radius 2 is 1.88 bits per heavy atom. The first-order valence-electron chi connectivity index (χ1n) is 5.30. The van der Waals surface area contributed by atoms with E-state index in [1.807, 2.05) is 0 Å². The summed E-state index contributed by atoms with van der Waals surface area (Å²) in [5.74, 6) is 0. The van der Waals surface area contributed by atoms with Gasteiger partial charge >= 0.3 is 6.18 Å². The Morgan fingerprint density at radius 1 is 1.29 bits per heavy atom. The average Bonchev–Trinajstić information content (AvgIpc) is 2.57. The lowest BCUT2D eigenvalue weighted by Crippen LogP contribution is -2.18. The van der Waals surface area contributed by atoms with Gasteiger partial charge in [-0.05, 0) is 5.41 Å². The van der Waals surface area contributed by atoms with E-state index in [0.717, 1.165) is 0 Å². The number of ether oxygens (including phenoxy) is 1. The molecule has 0 N–H and O–H groups in total. The minimum atomic E-state index is -4.42. The Labute approximate surface area is 98.6 Å². The van der Waals surface area contributed by atoms with Crippen LogP contribution in [0.5, 0.6) is 0 Å². The molecule has 0 saturated heterocycles. The number of hydrogen-bond donors (Lipinski definition) is 0. The fourth-order valence-electron chi connectivity index (χ4n) is 1.48. The first-order valence-corrected chi connectivity index (χ1v) is 5.30. The smallest absolute Gasteiger partial charge is 0.383 e. The molecule has 6 heteroatoms. The van der Waals surface area contributed by atoms with Crippen LogP contribution in [0.25, 0.3) is 0 Å². The van der Waals surface area contributed by atoms with E-state index in [-0.39, 0.29) is 5.56 Å². The lowest BCUT2D eigenvalue weighted by molar-refractivity contribution is -0.142. The highest BCUT2D eigenvalue weighted by atomic mass is 19.4. The van der Waals surface area contributed by atoms with Crippen LogP contribution in [0.1, 0.15) is 32.0 Å². The number of halogens is 3. The van der Waals surface area contributed by atoms with Gasteiger partial charge in [0.15, 0.2) is 5.69 Å². The third-order valence-electron chi connectivity index (χ3n) is 2.36. The molecule has 1 aromatic rings. The van der Waals surface area contributed by atoms with Crippen LogP contribution in [0.2, 0.25) is 0 Å². The van der Waals surface area contributed by atoms with E-state index < -0.39 is 17.3 Å². The predicted octanol–water partition coefficient (Wildman–Crippen LogP) is 2.85. The quantitative estimate of drug-likeness (QED) is 0.824. The lowest BCUT2D eigenvalue weighted by Gasteiger charge is -2.18. The van der Waals surface area contributed by atoms with Crippen molar-refractivity contribution in [1.82, 2.24) is 9.78 Å². The maximum atomic E-state index is 12.8. The Kier molecular flexibility index (Phi) is 3.86. The summed E-state index contributed by atoms with van der Waals surface area (Å²) in [5, 5.41) is 3.60. The predicted molar refractivity (Wildman–Crippen MR) is 57.8 cm³/mol. The summed E-state index contributed by atoms with van der Waals surface area (Å²) in [6.45, 7) is 5.86. The summed E-state index contributed by atoms with van der Waals surface area (Å²) in [5.41, 5.74) is -1.18. The molecule has 0 saturated carbocycles. The molecule has 0 aromatic carbocycles. The summed E-state index contributed by atoms with van der Waals surface area (Å²) in [6, 6.07) is 0. The molecule has 1 aromatic heterocycles. The van der Waals surface area contributed by atoms with Gasteiger partial charge in [-0.25, -0.2) is 0 Å². The zero-order valence-corrected chi connectivity index (χ0v) is 10.4. The summed E-state index contributed by atoms with van der Waals surface area (Å²) < 4.78 is 44.5. The number of methoxy groups -OCH3 is 1. The van der Waals surface area contributed by atoms with Crippen LogP contribution in [0.4, 0.5) is 13.2 Å². The molecular weight excluding hydrogens is 233 g/mol. The number of alkyl halides is 3. The summed E-state index contributed by atoms with van der Waals surface area (Å²) in [7, 11) is 1.50. The molecule has 1 rings (SSSR count). The second-order valence-electron chi connectivity index (χ2n) is 4.90. The molecule has 98 valence electrons. The number of rotatable bonds is 3. The van der Waals surface area contributed by atoms with E-state index in [0.29, 0.717) is 13.2 Å². The van der Waals surface area contributed by atoms with Crippen molar-refractivity contribution in [3.8, 4) is 0 Å². The molecule has 0 radical (unpaired) electrons. The standard InChI is InChI=1S/C11H17F3N2O/c1-10(2,3)8-7-16(5-6-17-4)15-9(8)11(12,13)14/h7H,5-6H2,1-4H3. The third-order valence-corrected chi connectivity index (χ3v) is 2.36. The maximum Gasteiger partial charge on any atom is 0.435 e. The zero-order valence-electron chi connectivity index (χ0n) is 10.4. The van der Waals surface area contributed by atoms with E-state index in [9.17, 15) is 13.2 Å². The van der Waals surface area contributed by atoms with Gasteiger partial charge in [0.1, 0.15) is 0 Å². The van der Waals surface area contributed by atoms with Gasteiger partial charge in [0, 0.05) is 18.9 Å². The largest absolute Gasteiger partial charge is 0.435 e. The second kappa shape index (κ2) is 4.68. The average molecular weight is 250 g/mol. The van der Waals surface area contributed by atoms with Gasteiger partial charge in [-0.1, -0.05) is 20.8 Å². The highest BCUT2D eigenvalue weighted by Gasteiger charge is 2.40. The van der Waals surface area contributed by atoms with Gasteiger partial charge in [0.25, 0.3) is 0 Å².